The van der Waals surface area contributed by atoms with Crippen LogP contribution < -0.4 is 10.9 Å². The van der Waals surface area contributed by atoms with E-state index in [1.165, 1.54) is 17.5 Å². The van der Waals surface area contributed by atoms with Crippen molar-refractivity contribution in [3.05, 3.63) is 21.6 Å². The van der Waals surface area contributed by atoms with Crippen molar-refractivity contribution in [3.63, 3.8) is 0 Å². The average molecular weight is 256 g/mol. The van der Waals surface area contributed by atoms with Crippen molar-refractivity contribution in [2.24, 2.45) is 13.0 Å². The first-order chi connectivity index (χ1) is 8.08. The summed E-state index contributed by atoms with van der Waals surface area (Å²) in [6.07, 6.45) is 6.35. The van der Waals surface area contributed by atoms with Crippen molar-refractivity contribution in [2.45, 2.75) is 38.6 Å². The minimum Gasteiger partial charge on any atom is -0.380 e. The predicted octanol–water partition coefficient (Wildman–Crippen LogP) is 2.42. The fourth-order valence-corrected chi connectivity index (χ4v) is 2.46. The highest BCUT2D eigenvalue weighted by molar-refractivity contribution is 6.32. The monoisotopic (exact) mass is 255 g/mol. The number of anilines is 1. The molecule has 17 heavy (non-hydrogen) atoms. The molecule has 4 nitrogen and oxygen atoms in total. The first-order valence-corrected chi connectivity index (χ1v) is 6.44. The molecule has 1 aliphatic carbocycles. The van der Waals surface area contributed by atoms with Crippen molar-refractivity contribution in [2.75, 3.05) is 5.32 Å². The van der Waals surface area contributed by atoms with E-state index in [0.29, 0.717) is 11.7 Å². The lowest BCUT2D eigenvalue weighted by molar-refractivity contribution is 0.361. The quantitative estimate of drug-likeness (QED) is 0.883. The predicted molar refractivity (Wildman–Crippen MR) is 69.5 cm³/mol. The molecule has 1 fully saturated rings. The third-order valence-corrected chi connectivity index (χ3v) is 3.82. The molecule has 0 amide bonds. The molecule has 0 radical (unpaired) electrons. The van der Waals surface area contributed by atoms with Crippen molar-refractivity contribution < 1.29 is 0 Å². The second-order valence-electron chi connectivity index (χ2n) is 4.90. The van der Waals surface area contributed by atoms with Crippen LogP contribution in [0, 0.1) is 5.92 Å². The van der Waals surface area contributed by atoms with Crippen LogP contribution >= 0.6 is 11.6 Å². The van der Waals surface area contributed by atoms with Gasteiger partial charge < -0.3 is 5.32 Å². The van der Waals surface area contributed by atoms with E-state index in [4.69, 9.17) is 11.6 Å². The molecule has 5 heteroatoms. The molecule has 1 N–H and O–H groups in total. The Kier molecular flexibility index (Phi) is 3.72. The minimum absolute atomic E-state index is 0.237. The van der Waals surface area contributed by atoms with E-state index in [0.717, 1.165) is 18.8 Å². The SMILES string of the molecule is CC1CCC(Nc2cnn(C)c(=O)c2Cl)CC1. The Labute approximate surface area is 106 Å². The zero-order valence-electron chi connectivity index (χ0n) is 10.2. The summed E-state index contributed by atoms with van der Waals surface area (Å²) < 4.78 is 1.25. The van der Waals surface area contributed by atoms with Crippen molar-refractivity contribution in [3.8, 4) is 0 Å². The van der Waals surface area contributed by atoms with E-state index < -0.39 is 0 Å². The number of aromatic nitrogens is 2. The maximum Gasteiger partial charge on any atom is 0.287 e. The smallest absolute Gasteiger partial charge is 0.287 e. The van der Waals surface area contributed by atoms with E-state index in [1.54, 1.807) is 13.2 Å². The maximum absolute atomic E-state index is 11.6. The van der Waals surface area contributed by atoms with Crippen LogP contribution in [0.3, 0.4) is 0 Å². The van der Waals surface area contributed by atoms with Crippen LogP contribution in [0.15, 0.2) is 11.0 Å². The molecule has 0 saturated heterocycles. The first kappa shape index (κ1) is 12.4. The van der Waals surface area contributed by atoms with E-state index in [1.807, 2.05) is 0 Å². The molecule has 2 rings (SSSR count). The van der Waals surface area contributed by atoms with Gasteiger partial charge in [-0.2, -0.15) is 5.10 Å². The van der Waals surface area contributed by atoms with Crippen LogP contribution in [0.25, 0.3) is 0 Å². The highest BCUT2D eigenvalue weighted by Crippen LogP contribution is 2.27. The average Bonchev–Trinajstić information content (AvgIpc) is 2.33. The van der Waals surface area contributed by atoms with Gasteiger partial charge in [0, 0.05) is 13.1 Å². The summed E-state index contributed by atoms with van der Waals surface area (Å²) in [5.41, 5.74) is 0.412. The lowest BCUT2D eigenvalue weighted by atomic mass is 9.87. The Morgan fingerprint density at radius 2 is 2.06 bits per heavy atom. The summed E-state index contributed by atoms with van der Waals surface area (Å²) in [5, 5.41) is 7.54. The van der Waals surface area contributed by atoms with Gasteiger partial charge in [0.2, 0.25) is 0 Å². The second kappa shape index (κ2) is 5.08. The van der Waals surface area contributed by atoms with Gasteiger partial charge in [-0.15, -0.1) is 0 Å². The Morgan fingerprint density at radius 1 is 1.41 bits per heavy atom. The number of aryl methyl sites for hydroxylation is 1. The summed E-state index contributed by atoms with van der Waals surface area (Å²) in [5.74, 6) is 0.810. The van der Waals surface area contributed by atoms with Gasteiger partial charge in [0.15, 0.2) is 0 Å². The molecular weight excluding hydrogens is 238 g/mol. The Bertz CT molecular complexity index is 450. The van der Waals surface area contributed by atoms with Crippen molar-refractivity contribution >= 4 is 17.3 Å². The van der Waals surface area contributed by atoms with Gasteiger partial charge in [0.25, 0.3) is 5.56 Å². The molecule has 1 aromatic heterocycles. The summed E-state index contributed by atoms with van der Waals surface area (Å²) in [7, 11) is 1.60. The topological polar surface area (TPSA) is 46.9 Å². The van der Waals surface area contributed by atoms with Gasteiger partial charge in [-0.05, 0) is 31.6 Å². The molecule has 0 unspecified atom stereocenters. The Balaban J connectivity index is 2.09. The van der Waals surface area contributed by atoms with E-state index in [9.17, 15) is 4.79 Å². The molecule has 1 saturated carbocycles. The number of nitrogens with one attached hydrogen (secondary N) is 1. The molecule has 0 spiro atoms. The fraction of sp³-hybridized carbons (Fsp3) is 0.667. The van der Waals surface area contributed by atoms with Crippen LogP contribution in [0.2, 0.25) is 5.02 Å². The number of halogens is 1. The molecule has 1 heterocycles. The number of rotatable bonds is 2. The first-order valence-electron chi connectivity index (χ1n) is 6.06. The standard InChI is InChI=1S/C12H18ClN3O/c1-8-3-5-9(6-4-8)15-10-7-14-16(2)12(17)11(10)13/h7-9,15H,3-6H2,1-2H3. The normalized spacial score (nSPS) is 24.6. The van der Waals surface area contributed by atoms with Gasteiger partial charge in [0.05, 0.1) is 11.9 Å². The lowest BCUT2D eigenvalue weighted by Gasteiger charge is -2.27. The zero-order chi connectivity index (χ0) is 12.4. The molecule has 1 aromatic rings. The summed E-state index contributed by atoms with van der Waals surface area (Å²) in [4.78, 5) is 11.6. The summed E-state index contributed by atoms with van der Waals surface area (Å²) in [6, 6.07) is 0.414. The second-order valence-corrected chi connectivity index (χ2v) is 5.28. The van der Waals surface area contributed by atoms with Gasteiger partial charge in [-0.25, -0.2) is 4.68 Å². The van der Waals surface area contributed by atoms with Crippen LogP contribution in [-0.4, -0.2) is 15.8 Å². The molecule has 0 atom stereocenters. The lowest BCUT2D eigenvalue weighted by Crippen LogP contribution is -2.28. The zero-order valence-corrected chi connectivity index (χ0v) is 11.0. The number of hydrogen-bond acceptors (Lipinski definition) is 3. The Morgan fingerprint density at radius 3 is 2.71 bits per heavy atom. The highest BCUT2D eigenvalue weighted by atomic mass is 35.5. The number of nitrogens with zero attached hydrogens (tertiary/aromatic N) is 2. The van der Waals surface area contributed by atoms with Crippen molar-refractivity contribution in [1.29, 1.82) is 0 Å². The van der Waals surface area contributed by atoms with Gasteiger partial charge >= 0.3 is 0 Å². The summed E-state index contributed by atoms with van der Waals surface area (Å²) in [6.45, 7) is 2.28. The van der Waals surface area contributed by atoms with Crippen LogP contribution in [0.5, 0.6) is 0 Å². The third-order valence-electron chi connectivity index (χ3n) is 3.45. The van der Waals surface area contributed by atoms with Gasteiger partial charge in [-0.3, -0.25) is 4.79 Å². The molecular formula is C12H18ClN3O. The number of hydrogen-bond donors (Lipinski definition) is 1. The highest BCUT2D eigenvalue weighted by Gasteiger charge is 2.19. The van der Waals surface area contributed by atoms with E-state index in [-0.39, 0.29) is 10.6 Å². The molecule has 0 aliphatic heterocycles. The summed E-state index contributed by atoms with van der Waals surface area (Å²) >= 11 is 6.01. The molecule has 94 valence electrons. The largest absolute Gasteiger partial charge is 0.380 e. The van der Waals surface area contributed by atoms with Crippen LogP contribution in [-0.2, 0) is 7.05 Å². The molecule has 0 aromatic carbocycles. The van der Waals surface area contributed by atoms with Crippen molar-refractivity contribution in [1.82, 2.24) is 9.78 Å². The fourth-order valence-electron chi connectivity index (χ4n) is 2.24. The molecule has 0 bridgehead atoms. The Hall–Kier alpha value is -1.03. The van der Waals surface area contributed by atoms with E-state index >= 15 is 0 Å². The molecule has 1 aliphatic rings. The van der Waals surface area contributed by atoms with Crippen LogP contribution in [0.4, 0.5) is 5.69 Å². The van der Waals surface area contributed by atoms with Gasteiger partial charge in [-0.1, -0.05) is 18.5 Å². The van der Waals surface area contributed by atoms with Crippen LogP contribution in [0.1, 0.15) is 32.6 Å². The van der Waals surface area contributed by atoms with E-state index in [2.05, 4.69) is 17.3 Å². The minimum atomic E-state index is -0.249. The third kappa shape index (κ3) is 2.80. The maximum atomic E-state index is 11.6. The van der Waals surface area contributed by atoms with Gasteiger partial charge in [0.1, 0.15) is 5.02 Å².